The Kier molecular flexibility index (Phi) is 4.59. The van der Waals surface area contributed by atoms with Gasteiger partial charge in [-0.1, -0.05) is 20.8 Å². The molecule has 0 amide bonds. The number of esters is 1. The zero-order valence-electron chi connectivity index (χ0n) is 7.73. The highest BCUT2D eigenvalue weighted by molar-refractivity contribution is 5.91. The lowest BCUT2D eigenvalue weighted by Crippen LogP contribution is -1.97. The smallest absolute Gasteiger partial charge is 0.334 e. The second kappa shape index (κ2) is 4.94. The monoisotopic (exact) mass is 156 g/mol. The number of cyclic esters (lactones) is 1. The number of hydrogen-bond donors (Lipinski definition) is 0. The highest BCUT2D eigenvalue weighted by atomic mass is 16.5. The Hall–Kier alpha value is -0.790. The molecule has 1 aliphatic heterocycles. The molecule has 0 aliphatic carbocycles. The average molecular weight is 156 g/mol. The Morgan fingerprint density at radius 2 is 2.00 bits per heavy atom. The SMILES string of the molecule is CC.CCC1=C(C)COC1=O. The molecule has 0 aromatic heterocycles. The largest absolute Gasteiger partial charge is 0.458 e. The molecule has 11 heavy (non-hydrogen) atoms. The van der Waals surface area contributed by atoms with Crippen LogP contribution in [0.25, 0.3) is 0 Å². The van der Waals surface area contributed by atoms with Crippen molar-refractivity contribution in [2.45, 2.75) is 34.1 Å². The zero-order valence-corrected chi connectivity index (χ0v) is 7.73. The van der Waals surface area contributed by atoms with E-state index in [-0.39, 0.29) is 5.97 Å². The Morgan fingerprint density at radius 1 is 1.45 bits per heavy atom. The van der Waals surface area contributed by atoms with Crippen LogP contribution in [-0.4, -0.2) is 12.6 Å². The van der Waals surface area contributed by atoms with E-state index in [0.717, 1.165) is 17.6 Å². The van der Waals surface area contributed by atoms with Crippen LogP contribution in [0.5, 0.6) is 0 Å². The lowest BCUT2D eigenvalue weighted by atomic mass is 10.1. The fourth-order valence-corrected chi connectivity index (χ4v) is 0.968. The van der Waals surface area contributed by atoms with Crippen LogP contribution in [0, 0.1) is 0 Å². The van der Waals surface area contributed by atoms with Gasteiger partial charge >= 0.3 is 5.97 Å². The van der Waals surface area contributed by atoms with Crippen LogP contribution in [0.2, 0.25) is 0 Å². The lowest BCUT2D eigenvalue weighted by Gasteiger charge is -1.90. The zero-order chi connectivity index (χ0) is 8.85. The van der Waals surface area contributed by atoms with Crippen LogP contribution in [0.4, 0.5) is 0 Å². The second-order valence-electron chi connectivity index (χ2n) is 2.19. The van der Waals surface area contributed by atoms with Crippen LogP contribution in [0.3, 0.4) is 0 Å². The van der Waals surface area contributed by atoms with Crippen molar-refractivity contribution in [3.8, 4) is 0 Å². The summed E-state index contributed by atoms with van der Waals surface area (Å²) in [5.41, 5.74) is 1.94. The molecular formula is C9H16O2. The topological polar surface area (TPSA) is 26.3 Å². The van der Waals surface area contributed by atoms with Gasteiger partial charge in [0.1, 0.15) is 6.61 Å². The number of carbonyl (C=O) groups excluding carboxylic acids is 1. The first-order valence-electron chi connectivity index (χ1n) is 4.11. The lowest BCUT2D eigenvalue weighted by molar-refractivity contribution is -0.136. The fourth-order valence-electron chi connectivity index (χ4n) is 0.968. The van der Waals surface area contributed by atoms with Gasteiger partial charge in [-0.05, 0) is 18.9 Å². The number of carbonyl (C=O) groups is 1. The van der Waals surface area contributed by atoms with Gasteiger partial charge in [-0.25, -0.2) is 4.79 Å². The Bertz CT molecular complexity index is 168. The van der Waals surface area contributed by atoms with Gasteiger partial charge in [-0.15, -0.1) is 0 Å². The van der Waals surface area contributed by atoms with Crippen molar-refractivity contribution >= 4 is 5.97 Å². The molecule has 0 aromatic carbocycles. The van der Waals surface area contributed by atoms with Gasteiger partial charge in [0, 0.05) is 5.57 Å². The van der Waals surface area contributed by atoms with E-state index in [4.69, 9.17) is 4.74 Å². The van der Waals surface area contributed by atoms with Crippen molar-refractivity contribution < 1.29 is 9.53 Å². The second-order valence-corrected chi connectivity index (χ2v) is 2.19. The fraction of sp³-hybridized carbons (Fsp3) is 0.667. The summed E-state index contributed by atoms with van der Waals surface area (Å²) < 4.78 is 4.76. The molecule has 64 valence electrons. The quantitative estimate of drug-likeness (QED) is 0.544. The summed E-state index contributed by atoms with van der Waals surface area (Å²) in [5.74, 6) is -0.130. The average Bonchev–Trinajstić information content (AvgIpc) is 2.35. The predicted molar refractivity (Wildman–Crippen MR) is 45.3 cm³/mol. The normalized spacial score (nSPS) is 15.8. The summed E-state index contributed by atoms with van der Waals surface area (Å²) >= 11 is 0. The first-order chi connectivity index (χ1) is 5.25. The van der Waals surface area contributed by atoms with Crippen LogP contribution in [0.1, 0.15) is 34.1 Å². The maximum absolute atomic E-state index is 10.7. The maximum Gasteiger partial charge on any atom is 0.334 e. The minimum absolute atomic E-state index is 0.130. The van der Waals surface area contributed by atoms with E-state index in [2.05, 4.69) is 0 Å². The van der Waals surface area contributed by atoms with Gasteiger partial charge in [-0.2, -0.15) is 0 Å². The Morgan fingerprint density at radius 3 is 2.18 bits per heavy atom. The summed E-state index contributed by atoms with van der Waals surface area (Å²) in [7, 11) is 0. The minimum Gasteiger partial charge on any atom is -0.458 e. The van der Waals surface area contributed by atoms with E-state index in [0.29, 0.717) is 6.61 Å². The number of rotatable bonds is 1. The van der Waals surface area contributed by atoms with E-state index < -0.39 is 0 Å². The standard InChI is InChI=1S/C7H10O2.C2H6/c1-3-6-5(2)4-9-7(6)8;1-2/h3-4H2,1-2H3;1-2H3. The molecule has 0 N–H and O–H groups in total. The van der Waals surface area contributed by atoms with E-state index in [1.165, 1.54) is 0 Å². The van der Waals surface area contributed by atoms with Gasteiger partial charge in [0.2, 0.25) is 0 Å². The van der Waals surface area contributed by atoms with Gasteiger partial charge in [0.05, 0.1) is 0 Å². The van der Waals surface area contributed by atoms with Crippen molar-refractivity contribution in [3.05, 3.63) is 11.1 Å². The van der Waals surface area contributed by atoms with E-state index in [1.54, 1.807) is 0 Å². The number of ether oxygens (including phenoxy) is 1. The summed E-state index contributed by atoms with van der Waals surface area (Å²) in [6.07, 6.45) is 0.796. The minimum atomic E-state index is -0.130. The Balaban J connectivity index is 0.000000461. The van der Waals surface area contributed by atoms with Crippen LogP contribution in [-0.2, 0) is 9.53 Å². The molecular weight excluding hydrogens is 140 g/mol. The molecule has 0 unspecified atom stereocenters. The molecule has 1 heterocycles. The third kappa shape index (κ3) is 2.37. The molecule has 0 atom stereocenters. The van der Waals surface area contributed by atoms with Crippen LogP contribution < -0.4 is 0 Å². The van der Waals surface area contributed by atoms with E-state index in [1.807, 2.05) is 27.7 Å². The molecule has 0 aromatic rings. The highest BCUT2D eigenvalue weighted by Crippen LogP contribution is 2.17. The molecule has 0 saturated carbocycles. The van der Waals surface area contributed by atoms with Crippen molar-refractivity contribution in [1.82, 2.24) is 0 Å². The van der Waals surface area contributed by atoms with E-state index in [9.17, 15) is 4.79 Å². The van der Waals surface area contributed by atoms with Gasteiger partial charge in [0.15, 0.2) is 0 Å². The molecule has 0 bridgehead atoms. The van der Waals surface area contributed by atoms with Crippen molar-refractivity contribution in [2.24, 2.45) is 0 Å². The summed E-state index contributed by atoms with van der Waals surface area (Å²) in [6.45, 7) is 8.40. The molecule has 2 heteroatoms. The summed E-state index contributed by atoms with van der Waals surface area (Å²) in [5, 5.41) is 0. The molecule has 0 spiro atoms. The molecule has 1 rings (SSSR count). The summed E-state index contributed by atoms with van der Waals surface area (Å²) in [4.78, 5) is 10.7. The Labute approximate surface area is 68.2 Å². The van der Waals surface area contributed by atoms with Crippen molar-refractivity contribution in [1.29, 1.82) is 0 Å². The first kappa shape index (κ1) is 10.2. The van der Waals surface area contributed by atoms with Crippen molar-refractivity contribution in [2.75, 3.05) is 6.61 Å². The van der Waals surface area contributed by atoms with E-state index >= 15 is 0 Å². The molecule has 0 saturated heterocycles. The maximum atomic E-state index is 10.7. The molecule has 0 fully saturated rings. The van der Waals surface area contributed by atoms with Gasteiger partial charge < -0.3 is 4.74 Å². The third-order valence-corrected chi connectivity index (χ3v) is 1.53. The summed E-state index contributed by atoms with van der Waals surface area (Å²) in [6, 6.07) is 0. The van der Waals surface area contributed by atoms with Crippen LogP contribution in [0.15, 0.2) is 11.1 Å². The van der Waals surface area contributed by atoms with Gasteiger partial charge in [0.25, 0.3) is 0 Å². The predicted octanol–water partition coefficient (Wildman–Crippen LogP) is 2.30. The van der Waals surface area contributed by atoms with Gasteiger partial charge in [-0.3, -0.25) is 0 Å². The molecule has 2 nitrogen and oxygen atoms in total. The number of hydrogen-bond acceptors (Lipinski definition) is 2. The first-order valence-corrected chi connectivity index (χ1v) is 4.11. The molecule has 1 aliphatic rings. The third-order valence-electron chi connectivity index (χ3n) is 1.53. The highest BCUT2D eigenvalue weighted by Gasteiger charge is 2.18. The van der Waals surface area contributed by atoms with Crippen LogP contribution >= 0.6 is 0 Å². The molecule has 0 radical (unpaired) electrons. The van der Waals surface area contributed by atoms with Crippen molar-refractivity contribution in [3.63, 3.8) is 0 Å².